The Labute approximate surface area is 112 Å². The number of hydrogen-bond acceptors (Lipinski definition) is 2. The third-order valence-corrected chi connectivity index (χ3v) is 5.24. The lowest BCUT2D eigenvalue weighted by Crippen LogP contribution is -2.18. The Morgan fingerprint density at radius 3 is 2.62 bits per heavy atom. The van der Waals surface area contributed by atoms with Gasteiger partial charge in [-0.3, -0.25) is 0 Å². The summed E-state index contributed by atoms with van der Waals surface area (Å²) in [4.78, 5) is 1.45. The van der Waals surface area contributed by atoms with Gasteiger partial charge in [0.25, 0.3) is 0 Å². The lowest BCUT2D eigenvalue weighted by Gasteiger charge is -2.19. The Morgan fingerprint density at radius 1 is 1.50 bits per heavy atom. The van der Waals surface area contributed by atoms with Crippen molar-refractivity contribution < 1.29 is 0 Å². The summed E-state index contributed by atoms with van der Waals surface area (Å²) in [7, 11) is 2.06. The molecule has 0 aliphatic rings. The number of halogens is 1. The molecule has 0 saturated carbocycles. The molecule has 1 heterocycles. The van der Waals surface area contributed by atoms with Crippen molar-refractivity contribution in [3.05, 3.63) is 20.3 Å². The fourth-order valence-electron chi connectivity index (χ4n) is 2.04. The van der Waals surface area contributed by atoms with E-state index in [2.05, 4.69) is 55.1 Å². The third kappa shape index (κ3) is 3.86. The van der Waals surface area contributed by atoms with Gasteiger partial charge in [-0.25, -0.2) is 0 Å². The Hall–Kier alpha value is 0.140. The van der Waals surface area contributed by atoms with Crippen LogP contribution in [0.2, 0.25) is 0 Å². The molecule has 3 heteroatoms. The molecule has 16 heavy (non-hydrogen) atoms. The first-order chi connectivity index (χ1) is 7.58. The molecule has 1 nitrogen and oxygen atoms in total. The normalized spacial score (nSPS) is 15.1. The van der Waals surface area contributed by atoms with E-state index in [0.717, 1.165) is 5.92 Å². The molecule has 1 N–H and O–H groups in total. The van der Waals surface area contributed by atoms with Crippen molar-refractivity contribution in [2.75, 3.05) is 7.05 Å². The van der Waals surface area contributed by atoms with E-state index in [9.17, 15) is 0 Å². The molecule has 0 amide bonds. The molecule has 0 fully saturated rings. The van der Waals surface area contributed by atoms with Gasteiger partial charge in [0.15, 0.2) is 0 Å². The number of hydrogen-bond donors (Lipinski definition) is 1. The molecule has 0 aliphatic carbocycles. The SMILES string of the molecule is CCCC(C)CC(NC)c1cc(C)c(Br)s1. The minimum absolute atomic E-state index is 0.511. The van der Waals surface area contributed by atoms with Crippen LogP contribution in [0, 0.1) is 12.8 Å². The summed E-state index contributed by atoms with van der Waals surface area (Å²) in [5.74, 6) is 0.795. The second kappa shape index (κ2) is 6.77. The van der Waals surface area contributed by atoms with Crippen LogP contribution in [0.4, 0.5) is 0 Å². The summed E-state index contributed by atoms with van der Waals surface area (Å²) in [5, 5.41) is 3.44. The lowest BCUT2D eigenvalue weighted by atomic mass is 9.96. The smallest absolute Gasteiger partial charge is 0.0731 e. The van der Waals surface area contributed by atoms with Crippen molar-refractivity contribution >= 4 is 27.3 Å². The molecule has 0 bridgehead atoms. The molecule has 0 aliphatic heterocycles. The van der Waals surface area contributed by atoms with Crippen LogP contribution < -0.4 is 5.32 Å². The monoisotopic (exact) mass is 303 g/mol. The predicted octanol–water partition coefficient (Wildman–Crippen LogP) is 4.91. The highest BCUT2D eigenvalue weighted by Gasteiger charge is 2.16. The van der Waals surface area contributed by atoms with E-state index in [0.29, 0.717) is 6.04 Å². The van der Waals surface area contributed by atoms with Gasteiger partial charge in [-0.05, 0) is 53.9 Å². The molecule has 1 rings (SSSR count). The molecule has 0 spiro atoms. The molecule has 92 valence electrons. The van der Waals surface area contributed by atoms with Gasteiger partial charge in [-0.15, -0.1) is 11.3 Å². The van der Waals surface area contributed by atoms with Gasteiger partial charge in [0.05, 0.1) is 3.79 Å². The Morgan fingerprint density at radius 2 is 2.19 bits per heavy atom. The minimum atomic E-state index is 0.511. The maximum atomic E-state index is 3.60. The van der Waals surface area contributed by atoms with E-state index >= 15 is 0 Å². The highest BCUT2D eigenvalue weighted by molar-refractivity contribution is 9.11. The maximum Gasteiger partial charge on any atom is 0.0731 e. The Kier molecular flexibility index (Phi) is 6.01. The zero-order chi connectivity index (χ0) is 12.1. The van der Waals surface area contributed by atoms with E-state index in [1.807, 2.05) is 11.3 Å². The van der Waals surface area contributed by atoms with E-state index in [1.165, 1.54) is 33.5 Å². The average molecular weight is 304 g/mol. The lowest BCUT2D eigenvalue weighted by molar-refractivity contribution is 0.410. The zero-order valence-corrected chi connectivity index (χ0v) is 13.0. The molecule has 0 radical (unpaired) electrons. The van der Waals surface area contributed by atoms with Crippen LogP contribution in [-0.2, 0) is 0 Å². The van der Waals surface area contributed by atoms with Gasteiger partial charge in [-0.2, -0.15) is 0 Å². The van der Waals surface area contributed by atoms with Gasteiger partial charge >= 0.3 is 0 Å². The summed E-state index contributed by atoms with van der Waals surface area (Å²) in [6.07, 6.45) is 3.84. The van der Waals surface area contributed by atoms with Crippen LogP contribution in [0.3, 0.4) is 0 Å². The van der Waals surface area contributed by atoms with Crippen molar-refractivity contribution in [3.63, 3.8) is 0 Å². The van der Waals surface area contributed by atoms with Gasteiger partial charge in [0.1, 0.15) is 0 Å². The second-order valence-corrected chi connectivity index (χ2v) is 6.98. The van der Waals surface area contributed by atoms with Crippen LogP contribution in [0.25, 0.3) is 0 Å². The third-order valence-electron chi connectivity index (χ3n) is 2.99. The minimum Gasteiger partial charge on any atom is -0.312 e. The Bertz CT molecular complexity index is 302. The van der Waals surface area contributed by atoms with Crippen molar-refractivity contribution in [1.29, 1.82) is 0 Å². The number of rotatable bonds is 6. The van der Waals surface area contributed by atoms with Crippen LogP contribution in [0.5, 0.6) is 0 Å². The standard InChI is InChI=1S/C13H22BrNS/c1-5-6-9(2)7-11(15-4)12-8-10(3)13(14)16-12/h8-9,11,15H,5-7H2,1-4H3. The van der Waals surface area contributed by atoms with E-state index < -0.39 is 0 Å². The maximum absolute atomic E-state index is 3.60. The molecule has 2 atom stereocenters. The van der Waals surface area contributed by atoms with E-state index in [-0.39, 0.29) is 0 Å². The van der Waals surface area contributed by atoms with Crippen molar-refractivity contribution in [2.45, 2.75) is 46.1 Å². The fraction of sp³-hybridized carbons (Fsp3) is 0.692. The molecular formula is C13H22BrNS. The molecule has 1 aromatic heterocycles. The first-order valence-corrected chi connectivity index (χ1v) is 7.62. The van der Waals surface area contributed by atoms with Crippen LogP contribution >= 0.6 is 27.3 Å². The number of thiophene rings is 1. The van der Waals surface area contributed by atoms with Gasteiger partial charge in [0.2, 0.25) is 0 Å². The van der Waals surface area contributed by atoms with Crippen molar-refractivity contribution in [3.8, 4) is 0 Å². The largest absolute Gasteiger partial charge is 0.312 e. The number of aryl methyl sites for hydroxylation is 1. The summed E-state index contributed by atoms with van der Waals surface area (Å²) in [5.41, 5.74) is 1.35. The van der Waals surface area contributed by atoms with E-state index in [1.54, 1.807) is 0 Å². The average Bonchev–Trinajstić information content (AvgIpc) is 2.56. The summed E-state index contributed by atoms with van der Waals surface area (Å²) in [6, 6.07) is 2.81. The zero-order valence-electron chi connectivity index (χ0n) is 10.6. The van der Waals surface area contributed by atoms with Crippen molar-refractivity contribution in [1.82, 2.24) is 5.32 Å². The Balaban J connectivity index is 2.67. The van der Waals surface area contributed by atoms with Gasteiger partial charge in [-0.1, -0.05) is 26.7 Å². The van der Waals surface area contributed by atoms with Gasteiger partial charge in [0, 0.05) is 10.9 Å². The number of nitrogens with one attached hydrogen (secondary N) is 1. The fourth-order valence-corrected chi connectivity index (χ4v) is 3.74. The highest BCUT2D eigenvalue weighted by Crippen LogP contribution is 2.34. The highest BCUT2D eigenvalue weighted by atomic mass is 79.9. The first kappa shape index (κ1) is 14.2. The molecule has 2 unspecified atom stereocenters. The molecule has 1 aromatic rings. The van der Waals surface area contributed by atoms with Crippen LogP contribution in [0.1, 0.15) is 49.6 Å². The topological polar surface area (TPSA) is 12.0 Å². The predicted molar refractivity (Wildman–Crippen MR) is 77.2 cm³/mol. The van der Waals surface area contributed by atoms with Gasteiger partial charge < -0.3 is 5.32 Å². The van der Waals surface area contributed by atoms with Crippen molar-refractivity contribution in [2.24, 2.45) is 5.92 Å². The van der Waals surface area contributed by atoms with Crippen LogP contribution in [-0.4, -0.2) is 7.05 Å². The quantitative estimate of drug-likeness (QED) is 0.787. The van der Waals surface area contributed by atoms with E-state index in [4.69, 9.17) is 0 Å². The first-order valence-electron chi connectivity index (χ1n) is 6.01. The second-order valence-electron chi connectivity index (χ2n) is 4.58. The summed E-state index contributed by atoms with van der Waals surface area (Å²) >= 11 is 5.46. The molecular weight excluding hydrogens is 282 g/mol. The van der Waals surface area contributed by atoms with Crippen LogP contribution in [0.15, 0.2) is 9.85 Å². The molecule has 0 aromatic carbocycles. The molecule has 0 saturated heterocycles. The summed E-state index contributed by atoms with van der Waals surface area (Å²) < 4.78 is 1.27. The summed E-state index contributed by atoms with van der Waals surface area (Å²) in [6.45, 7) is 6.77.